The third-order valence-electron chi connectivity index (χ3n) is 2.28. The Bertz CT molecular complexity index is 339. The van der Waals surface area contributed by atoms with Gasteiger partial charge in [-0.1, -0.05) is 0 Å². The van der Waals surface area contributed by atoms with E-state index in [0.717, 1.165) is 41.2 Å². The van der Waals surface area contributed by atoms with Crippen molar-refractivity contribution in [3.8, 4) is 0 Å². The summed E-state index contributed by atoms with van der Waals surface area (Å²) in [7, 11) is 0. The van der Waals surface area contributed by atoms with E-state index < -0.39 is 0 Å². The highest BCUT2D eigenvalue weighted by atomic mass is 127. The number of nitrogens with one attached hydrogen (secondary N) is 1. The zero-order valence-corrected chi connectivity index (χ0v) is 10.5. The van der Waals surface area contributed by atoms with Crippen LogP contribution in [0.1, 0.15) is 0 Å². The molecule has 0 amide bonds. The molecule has 1 heterocycles. The van der Waals surface area contributed by atoms with Gasteiger partial charge in [0.25, 0.3) is 0 Å². The standard InChI is InChI=1S/C10H14IN3O/c11-9-7-8(12)1-2-10(9)13-14-3-5-15-6-4-14/h1-2,7,13H,3-6,12H2. The molecule has 1 aliphatic rings. The van der Waals surface area contributed by atoms with Crippen LogP contribution in [0.4, 0.5) is 11.4 Å². The van der Waals surface area contributed by atoms with Gasteiger partial charge in [0.2, 0.25) is 0 Å². The molecule has 0 aliphatic carbocycles. The van der Waals surface area contributed by atoms with Crippen molar-refractivity contribution >= 4 is 34.0 Å². The lowest BCUT2D eigenvalue weighted by molar-refractivity contribution is 0.0496. The largest absolute Gasteiger partial charge is 0.399 e. The Morgan fingerprint density at radius 1 is 1.33 bits per heavy atom. The fourth-order valence-electron chi connectivity index (χ4n) is 1.47. The van der Waals surface area contributed by atoms with Crippen molar-refractivity contribution in [2.45, 2.75) is 0 Å². The molecule has 82 valence electrons. The molecule has 1 fully saturated rings. The normalized spacial score (nSPS) is 17.7. The summed E-state index contributed by atoms with van der Waals surface area (Å²) in [6.07, 6.45) is 0. The molecule has 4 nitrogen and oxygen atoms in total. The van der Waals surface area contributed by atoms with Gasteiger partial charge in [-0.15, -0.1) is 0 Å². The van der Waals surface area contributed by atoms with Crippen LogP contribution in [0.3, 0.4) is 0 Å². The first-order valence-electron chi connectivity index (χ1n) is 4.90. The van der Waals surface area contributed by atoms with E-state index in [9.17, 15) is 0 Å². The fourth-order valence-corrected chi connectivity index (χ4v) is 2.13. The van der Waals surface area contributed by atoms with E-state index in [2.05, 4.69) is 33.0 Å². The van der Waals surface area contributed by atoms with Crippen molar-refractivity contribution in [1.29, 1.82) is 0 Å². The third kappa shape index (κ3) is 2.96. The number of nitrogen functional groups attached to an aromatic ring is 1. The van der Waals surface area contributed by atoms with Crippen LogP contribution in [-0.2, 0) is 4.74 Å². The van der Waals surface area contributed by atoms with Gasteiger partial charge in [0, 0.05) is 22.3 Å². The molecule has 0 bridgehead atoms. The van der Waals surface area contributed by atoms with Gasteiger partial charge in [0.05, 0.1) is 18.9 Å². The van der Waals surface area contributed by atoms with Gasteiger partial charge in [0.15, 0.2) is 0 Å². The molecule has 0 radical (unpaired) electrons. The lowest BCUT2D eigenvalue weighted by Crippen LogP contribution is -2.40. The highest BCUT2D eigenvalue weighted by molar-refractivity contribution is 14.1. The van der Waals surface area contributed by atoms with Gasteiger partial charge in [-0.25, -0.2) is 5.01 Å². The Balaban J connectivity index is 2.03. The number of hydrogen-bond donors (Lipinski definition) is 2. The number of nitrogens with two attached hydrogens (primary N) is 1. The zero-order valence-electron chi connectivity index (χ0n) is 8.37. The summed E-state index contributed by atoms with van der Waals surface area (Å²) in [5.41, 5.74) is 11.0. The maximum atomic E-state index is 5.69. The Kier molecular flexibility index (Phi) is 3.66. The van der Waals surface area contributed by atoms with Crippen LogP contribution < -0.4 is 11.2 Å². The van der Waals surface area contributed by atoms with Gasteiger partial charge < -0.3 is 15.9 Å². The van der Waals surface area contributed by atoms with E-state index in [0.29, 0.717) is 0 Å². The quantitative estimate of drug-likeness (QED) is 0.641. The first-order valence-corrected chi connectivity index (χ1v) is 5.98. The van der Waals surface area contributed by atoms with Crippen molar-refractivity contribution in [3.63, 3.8) is 0 Å². The second-order valence-corrected chi connectivity index (χ2v) is 4.61. The summed E-state index contributed by atoms with van der Waals surface area (Å²) in [5, 5.41) is 2.16. The summed E-state index contributed by atoms with van der Waals surface area (Å²) in [6, 6.07) is 5.88. The van der Waals surface area contributed by atoms with E-state index in [1.54, 1.807) is 0 Å². The smallest absolute Gasteiger partial charge is 0.0625 e. The minimum atomic E-state index is 0.790. The van der Waals surface area contributed by atoms with Crippen molar-refractivity contribution in [2.24, 2.45) is 0 Å². The predicted octanol–water partition coefficient (Wildman–Crippen LogP) is 1.53. The number of halogens is 1. The molecule has 1 aromatic rings. The zero-order chi connectivity index (χ0) is 10.7. The van der Waals surface area contributed by atoms with Gasteiger partial charge in [-0.3, -0.25) is 0 Å². The molecule has 0 spiro atoms. The number of ether oxygens (including phenoxy) is 1. The monoisotopic (exact) mass is 319 g/mol. The average molecular weight is 319 g/mol. The Labute approximate surface area is 103 Å². The van der Waals surface area contributed by atoms with Gasteiger partial charge in [0.1, 0.15) is 0 Å². The van der Waals surface area contributed by atoms with Gasteiger partial charge in [-0.2, -0.15) is 0 Å². The molecule has 2 rings (SSSR count). The lowest BCUT2D eigenvalue weighted by atomic mass is 10.3. The summed E-state index contributed by atoms with van der Waals surface area (Å²) in [4.78, 5) is 0. The second kappa shape index (κ2) is 5.00. The average Bonchev–Trinajstić information content (AvgIpc) is 2.24. The van der Waals surface area contributed by atoms with Crippen molar-refractivity contribution in [2.75, 3.05) is 37.5 Å². The van der Waals surface area contributed by atoms with Crippen LogP contribution in [0.25, 0.3) is 0 Å². The fraction of sp³-hybridized carbons (Fsp3) is 0.400. The minimum absolute atomic E-state index is 0.790. The summed E-state index contributed by atoms with van der Waals surface area (Å²) < 4.78 is 6.42. The first-order chi connectivity index (χ1) is 7.25. The maximum Gasteiger partial charge on any atom is 0.0625 e. The van der Waals surface area contributed by atoms with Crippen LogP contribution in [0, 0.1) is 3.57 Å². The van der Waals surface area contributed by atoms with Crippen LogP contribution in [0.2, 0.25) is 0 Å². The topological polar surface area (TPSA) is 50.5 Å². The van der Waals surface area contributed by atoms with Gasteiger partial charge >= 0.3 is 0 Å². The predicted molar refractivity (Wildman–Crippen MR) is 69.6 cm³/mol. The SMILES string of the molecule is Nc1ccc(NN2CCOCC2)c(I)c1. The summed E-state index contributed by atoms with van der Waals surface area (Å²) in [5.74, 6) is 0. The van der Waals surface area contributed by atoms with Crippen LogP contribution in [-0.4, -0.2) is 31.3 Å². The van der Waals surface area contributed by atoms with Crippen molar-refractivity contribution in [3.05, 3.63) is 21.8 Å². The lowest BCUT2D eigenvalue weighted by Gasteiger charge is -2.28. The molecular weight excluding hydrogens is 305 g/mol. The molecule has 5 heteroatoms. The number of nitrogens with zero attached hydrogens (tertiary/aromatic N) is 1. The number of hydrazine groups is 1. The molecular formula is C10H14IN3O. The van der Waals surface area contributed by atoms with Crippen LogP contribution >= 0.6 is 22.6 Å². The molecule has 0 unspecified atom stereocenters. The Hall–Kier alpha value is -0.530. The molecule has 0 atom stereocenters. The molecule has 1 aromatic carbocycles. The first kappa shape index (κ1) is 11.0. The van der Waals surface area contributed by atoms with Crippen molar-refractivity contribution in [1.82, 2.24) is 5.01 Å². The molecule has 0 aromatic heterocycles. The van der Waals surface area contributed by atoms with Crippen molar-refractivity contribution < 1.29 is 4.74 Å². The summed E-state index contributed by atoms with van der Waals surface area (Å²) >= 11 is 2.28. The molecule has 1 aliphatic heterocycles. The van der Waals surface area contributed by atoms with E-state index in [1.165, 1.54) is 0 Å². The van der Waals surface area contributed by atoms with Crippen LogP contribution in [0.15, 0.2) is 18.2 Å². The molecule has 15 heavy (non-hydrogen) atoms. The second-order valence-electron chi connectivity index (χ2n) is 3.45. The number of morpholine rings is 1. The Morgan fingerprint density at radius 3 is 2.73 bits per heavy atom. The molecule has 0 saturated carbocycles. The van der Waals surface area contributed by atoms with E-state index in [1.807, 2.05) is 18.2 Å². The highest BCUT2D eigenvalue weighted by Crippen LogP contribution is 2.21. The van der Waals surface area contributed by atoms with E-state index in [4.69, 9.17) is 10.5 Å². The maximum absolute atomic E-state index is 5.69. The Morgan fingerprint density at radius 2 is 2.07 bits per heavy atom. The van der Waals surface area contributed by atoms with E-state index in [-0.39, 0.29) is 0 Å². The van der Waals surface area contributed by atoms with E-state index >= 15 is 0 Å². The third-order valence-corrected chi connectivity index (χ3v) is 3.18. The number of benzene rings is 1. The minimum Gasteiger partial charge on any atom is -0.399 e. The number of anilines is 2. The molecule has 3 N–H and O–H groups in total. The number of hydrogen-bond acceptors (Lipinski definition) is 4. The van der Waals surface area contributed by atoms with Gasteiger partial charge in [-0.05, 0) is 40.8 Å². The van der Waals surface area contributed by atoms with Crippen LogP contribution in [0.5, 0.6) is 0 Å². The number of rotatable bonds is 2. The summed E-state index contributed by atoms with van der Waals surface area (Å²) in [6.45, 7) is 3.41. The molecule has 1 saturated heterocycles. The highest BCUT2D eigenvalue weighted by Gasteiger charge is 2.10.